The molecule has 0 aromatic carbocycles. The van der Waals surface area contributed by atoms with Gasteiger partial charge in [-0.3, -0.25) is 4.90 Å². The molecular formula is C15H22N6. The van der Waals surface area contributed by atoms with Crippen LogP contribution in [0.5, 0.6) is 0 Å². The van der Waals surface area contributed by atoms with Crippen molar-refractivity contribution in [2.75, 3.05) is 25.0 Å². The number of aryl methyl sites for hydroxylation is 1. The fraction of sp³-hybridized carbons (Fsp3) is 0.533. The van der Waals surface area contributed by atoms with Gasteiger partial charge in [-0.15, -0.1) is 5.10 Å². The summed E-state index contributed by atoms with van der Waals surface area (Å²) in [6.07, 6.45) is 8.00. The maximum atomic E-state index is 4.39. The number of imidazole rings is 1. The van der Waals surface area contributed by atoms with Crippen LogP contribution in [0.4, 0.5) is 5.82 Å². The molecule has 0 radical (unpaired) electrons. The van der Waals surface area contributed by atoms with Crippen LogP contribution in [0.3, 0.4) is 0 Å². The lowest BCUT2D eigenvalue weighted by molar-refractivity contribution is 0.293. The van der Waals surface area contributed by atoms with Gasteiger partial charge < -0.3 is 9.47 Å². The molecule has 0 spiro atoms. The van der Waals surface area contributed by atoms with Crippen LogP contribution >= 0.6 is 0 Å². The lowest BCUT2D eigenvalue weighted by Gasteiger charge is -2.29. The van der Waals surface area contributed by atoms with Crippen molar-refractivity contribution in [2.24, 2.45) is 7.05 Å². The predicted octanol–water partition coefficient (Wildman–Crippen LogP) is 1.31. The Kier molecular flexibility index (Phi) is 4.15. The first-order valence-corrected chi connectivity index (χ1v) is 7.43. The molecule has 112 valence electrons. The van der Waals surface area contributed by atoms with Crippen LogP contribution in [-0.4, -0.2) is 50.8 Å². The Bertz CT molecular complexity index is 567. The largest absolute Gasteiger partial charge is 0.351 e. The van der Waals surface area contributed by atoms with Crippen LogP contribution in [0, 0.1) is 0 Å². The standard InChI is InChI=1S/C15H22N6/c1-19(12-15-16-8-10-20(15)2)11-13-5-4-9-21(13)14-6-3-7-17-18-14/h3,6-8,10,13H,4-5,9,11-12H2,1-2H3. The normalized spacial score (nSPS) is 18.6. The van der Waals surface area contributed by atoms with Gasteiger partial charge in [-0.1, -0.05) is 0 Å². The summed E-state index contributed by atoms with van der Waals surface area (Å²) < 4.78 is 2.07. The number of nitrogens with zero attached hydrogens (tertiary/aromatic N) is 6. The van der Waals surface area contributed by atoms with Gasteiger partial charge in [0.25, 0.3) is 0 Å². The third-order valence-electron chi connectivity index (χ3n) is 4.08. The van der Waals surface area contributed by atoms with Gasteiger partial charge in [0, 0.05) is 44.8 Å². The number of aromatic nitrogens is 4. The van der Waals surface area contributed by atoms with E-state index in [0.717, 1.165) is 31.3 Å². The lowest BCUT2D eigenvalue weighted by atomic mass is 10.2. The summed E-state index contributed by atoms with van der Waals surface area (Å²) in [5.41, 5.74) is 0. The zero-order valence-corrected chi connectivity index (χ0v) is 12.7. The molecule has 6 heteroatoms. The highest BCUT2D eigenvalue weighted by Gasteiger charge is 2.26. The molecular weight excluding hydrogens is 264 g/mol. The molecule has 1 atom stereocenters. The molecule has 0 aliphatic carbocycles. The van der Waals surface area contributed by atoms with Crippen molar-refractivity contribution in [1.29, 1.82) is 0 Å². The summed E-state index contributed by atoms with van der Waals surface area (Å²) in [5, 5.41) is 8.25. The molecule has 1 aliphatic rings. The second kappa shape index (κ2) is 6.22. The van der Waals surface area contributed by atoms with Crippen LogP contribution in [-0.2, 0) is 13.6 Å². The summed E-state index contributed by atoms with van der Waals surface area (Å²) in [6.45, 7) is 2.96. The van der Waals surface area contributed by atoms with Crippen LogP contribution in [0.15, 0.2) is 30.7 Å². The predicted molar refractivity (Wildman–Crippen MR) is 81.9 cm³/mol. The van der Waals surface area contributed by atoms with Gasteiger partial charge in [-0.25, -0.2) is 4.98 Å². The van der Waals surface area contributed by atoms with Crippen molar-refractivity contribution in [3.8, 4) is 0 Å². The number of hydrogen-bond donors (Lipinski definition) is 0. The Balaban J connectivity index is 1.62. The first kappa shape index (κ1) is 14.0. The third kappa shape index (κ3) is 3.21. The van der Waals surface area contributed by atoms with Crippen molar-refractivity contribution < 1.29 is 0 Å². The van der Waals surface area contributed by atoms with E-state index in [-0.39, 0.29) is 0 Å². The van der Waals surface area contributed by atoms with Gasteiger partial charge >= 0.3 is 0 Å². The second-order valence-electron chi connectivity index (χ2n) is 5.72. The SMILES string of the molecule is CN(Cc1nccn1C)CC1CCCN1c1cccnn1. The summed E-state index contributed by atoms with van der Waals surface area (Å²) in [4.78, 5) is 9.10. The Morgan fingerprint density at radius 1 is 1.38 bits per heavy atom. The Hall–Kier alpha value is -1.95. The van der Waals surface area contributed by atoms with Crippen LogP contribution in [0.2, 0.25) is 0 Å². The fourth-order valence-electron chi connectivity index (χ4n) is 2.99. The van der Waals surface area contributed by atoms with Crippen molar-refractivity contribution in [3.63, 3.8) is 0 Å². The first-order valence-electron chi connectivity index (χ1n) is 7.43. The van der Waals surface area contributed by atoms with E-state index in [2.05, 4.69) is 36.6 Å². The highest BCUT2D eigenvalue weighted by molar-refractivity contribution is 5.39. The topological polar surface area (TPSA) is 50.1 Å². The number of rotatable bonds is 5. The molecule has 1 fully saturated rings. The average Bonchev–Trinajstić information content (AvgIpc) is 3.10. The maximum Gasteiger partial charge on any atom is 0.151 e. The van der Waals surface area contributed by atoms with E-state index in [9.17, 15) is 0 Å². The van der Waals surface area contributed by atoms with E-state index in [4.69, 9.17) is 0 Å². The van der Waals surface area contributed by atoms with Crippen molar-refractivity contribution in [2.45, 2.75) is 25.4 Å². The van der Waals surface area contributed by atoms with Crippen molar-refractivity contribution >= 4 is 5.82 Å². The molecule has 3 rings (SSSR count). The summed E-state index contributed by atoms with van der Waals surface area (Å²) in [6, 6.07) is 4.51. The molecule has 0 amide bonds. The molecule has 2 aromatic rings. The molecule has 3 heterocycles. The van der Waals surface area contributed by atoms with E-state index in [1.165, 1.54) is 12.8 Å². The smallest absolute Gasteiger partial charge is 0.151 e. The molecule has 2 aromatic heterocycles. The molecule has 0 bridgehead atoms. The van der Waals surface area contributed by atoms with Crippen LogP contribution in [0.1, 0.15) is 18.7 Å². The molecule has 1 saturated heterocycles. The Labute approximate surface area is 125 Å². The minimum Gasteiger partial charge on any atom is -0.351 e. The van der Waals surface area contributed by atoms with Crippen molar-refractivity contribution in [3.05, 3.63) is 36.5 Å². The van der Waals surface area contributed by atoms with Crippen molar-refractivity contribution in [1.82, 2.24) is 24.6 Å². The van der Waals surface area contributed by atoms with E-state index in [1.807, 2.05) is 31.6 Å². The maximum absolute atomic E-state index is 4.39. The van der Waals surface area contributed by atoms with Gasteiger partial charge in [-0.2, -0.15) is 5.10 Å². The number of likely N-dealkylation sites (N-methyl/N-ethyl adjacent to an activating group) is 1. The van der Waals surface area contributed by atoms with Gasteiger partial charge in [-0.05, 0) is 32.0 Å². The lowest BCUT2D eigenvalue weighted by Crippen LogP contribution is -2.39. The zero-order chi connectivity index (χ0) is 14.7. The van der Waals surface area contributed by atoms with Crippen LogP contribution < -0.4 is 4.90 Å². The van der Waals surface area contributed by atoms with Crippen LogP contribution in [0.25, 0.3) is 0 Å². The summed E-state index contributed by atoms with van der Waals surface area (Å²) >= 11 is 0. The Morgan fingerprint density at radius 2 is 2.29 bits per heavy atom. The summed E-state index contributed by atoms with van der Waals surface area (Å²) in [5.74, 6) is 2.09. The molecule has 1 unspecified atom stereocenters. The van der Waals surface area contributed by atoms with E-state index in [1.54, 1.807) is 6.20 Å². The third-order valence-corrected chi connectivity index (χ3v) is 4.08. The number of anilines is 1. The molecule has 0 saturated carbocycles. The van der Waals surface area contributed by atoms with E-state index >= 15 is 0 Å². The van der Waals surface area contributed by atoms with Gasteiger partial charge in [0.1, 0.15) is 5.82 Å². The van der Waals surface area contributed by atoms with E-state index < -0.39 is 0 Å². The monoisotopic (exact) mass is 286 g/mol. The molecule has 6 nitrogen and oxygen atoms in total. The molecule has 0 N–H and O–H groups in total. The minimum atomic E-state index is 0.506. The van der Waals surface area contributed by atoms with Gasteiger partial charge in [0.2, 0.25) is 0 Å². The van der Waals surface area contributed by atoms with Gasteiger partial charge in [0.15, 0.2) is 5.82 Å². The van der Waals surface area contributed by atoms with Gasteiger partial charge in [0.05, 0.1) is 6.54 Å². The number of hydrogen-bond acceptors (Lipinski definition) is 5. The average molecular weight is 286 g/mol. The van der Waals surface area contributed by atoms with E-state index in [0.29, 0.717) is 6.04 Å². The fourth-order valence-corrected chi connectivity index (χ4v) is 2.99. The quantitative estimate of drug-likeness (QED) is 0.829. The first-order chi connectivity index (χ1) is 10.2. The highest BCUT2D eigenvalue weighted by Crippen LogP contribution is 2.23. The minimum absolute atomic E-state index is 0.506. The zero-order valence-electron chi connectivity index (χ0n) is 12.7. The second-order valence-corrected chi connectivity index (χ2v) is 5.72. The summed E-state index contributed by atoms with van der Waals surface area (Å²) in [7, 11) is 4.19. The molecule has 1 aliphatic heterocycles. The Morgan fingerprint density at radius 3 is 3.00 bits per heavy atom. The molecule has 21 heavy (non-hydrogen) atoms. The highest BCUT2D eigenvalue weighted by atomic mass is 15.3.